The van der Waals surface area contributed by atoms with Crippen LogP contribution in [0.4, 0.5) is 36.2 Å². The fourth-order valence-electron chi connectivity index (χ4n) is 8.12. The van der Waals surface area contributed by atoms with Crippen LogP contribution in [-0.4, -0.2) is 74.0 Å². The van der Waals surface area contributed by atoms with Gasteiger partial charge < -0.3 is 20.6 Å². The summed E-state index contributed by atoms with van der Waals surface area (Å²) in [4.78, 5) is 54.9. The zero-order chi connectivity index (χ0) is 40.1. The smallest absolute Gasteiger partial charge is 0.406 e. The Morgan fingerprint density at radius 2 is 1.28 bits per heavy atom. The number of benzene rings is 2. The van der Waals surface area contributed by atoms with Gasteiger partial charge in [0.05, 0.1) is 29.8 Å². The molecule has 1 amide bonds. The molecule has 2 atom stereocenters. The summed E-state index contributed by atoms with van der Waals surface area (Å²) in [5.74, 6) is -0.441. The van der Waals surface area contributed by atoms with E-state index in [1.54, 1.807) is 17.7 Å². The first-order chi connectivity index (χ1) is 28.0. The fraction of sp³-hybridized carbons (Fsp3) is 0.317. The minimum atomic E-state index is -4.40. The molecule has 0 radical (unpaired) electrons. The van der Waals surface area contributed by atoms with Crippen LogP contribution in [0, 0.1) is 11.8 Å². The summed E-state index contributed by atoms with van der Waals surface area (Å²) >= 11 is 3.08. The summed E-state index contributed by atoms with van der Waals surface area (Å²) in [6.45, 7) is 0.215. The fourth-order valence-corrected chi connectivity index (χ4v) is 10.7. The molecule has 10 rings (SSSR count). The van der Waals surface area contributed by atoms with Crippen LogP contribution in [0.1, 0.15) is 56.0 Å². The maximum absolute atomic E-state index is 12.7. The van der Waals surface area contributed by atoms with Crippen molar-refractivity contribution in [1.29, 1.82) is 0 Å². The second-order valence-electron chi connectivity index (χ2n) is 14.9. The number of amides is 1. The number of halogens is 3. The molecule has 0 spiro atoms. The number of nitrogens with zero attached hydrogens (tertiary/aromatic N) is 7. The van der Waals surface area contributed by atoms with E-state index in [2.05, 4.69) is 52.7 Å². The van der Waals surface area contributed by atoms with Crippen LogP contribution in [0.5, 0.6) is 0 Å². The Morgan fingerprint density at radius 3 is 1.78 bits per heavy atom. The van der Waals surface area contributed by atoms with Gasteiger partial charge in [0.15, 0.2) is 0 Å². The van der Waals surface area contributed by atoms with Crippen molar-refractivity contribution in [2.24, 2.45) is 21.8 Å². The van der Waals surface area contributed by atoms with Gasteiger partial charge >= 0.3 is 12.1 Å². The molecular formula is C41H36F3N9O3S2. The lowest BCUT2D eigenvalue weighted by Gasteiger charge is -2.27. The standard InChI is InChI=1S/C22H20F3N5OS.C19H16N4O2S/c1-30(10-22(23,24)25)21(31)12-3-5-16-17(7-12)32-20-18(16)19(27-11-28-20)29-15-4-2-13-8-26-9-14(13)6-15;24-19(25)10-2-4-14-15(6-10)26-18-16(14)17(21-9-22-18)23-13-3-1-11-7-20-8-12(11)5-13/h2,4,6,9,11-12H,3,5,7-8,10H2,1H3,(H,27,28,29);1,3,5,8-10H,2,4,6-7H2,(H,24,25)(H,21,22,23)/t12-;10-/m00/s1. The second-order valence-corrected chi connectivity index (χ2v) is 17.0. The quantitative estimate of drug-likeness (QED) is 0.145. The van der Waals surface area contributed by atoms with E-state index in [9.17, 15) is 27.9 Å². The van der Waals surface area contributed by atoms with Gasteiger partial charge in [-0.15, -0.1) is 22.7 Å². The highest BCUT2D eigenvalue weighted by atomic mass is 32.1. The van der Waals surface area contributed by atoms with E-state index in [1.165, 1.54) is 41.4 Å². The Balaban J connectivity index is 0.000000153. The maximum Gasteiger partial charge on any atom is 0.406 e. The molecule has 2 aliphatic heterocycles. The van der Waals surface area contributed by atoms with Crippen molar-refractivity contribution in [2.45, 2.75) is 57.8 Å². The lowest BCUT2D eigenvalue weighted by atomic mass is 9.87. The number of nitrogens with one attached hydrogen (secondary N) is 2. The number of aliphatic carboxylic acids is 1. The van der Waals surface area contributed by atoms with Crippen LogP contribution in [0.15, 0.2) is 59.0 Å². The number of aliphatic imine (C=N–C) groups is 2. The lowest BCUT2D eigenvalue weighted by Crippen LogP contribution is -2.40. The molecule has 3 N–H and O–H groups in total. The molecule has 17 heteroatoms. The molecule has 12 nitrogen and oxygen atoms in total. The SMILES string of the molecule is CN(CC(F)(F)F)C(=O)[C@H]1CCc2c(sc3ncnc(Nc4ccc5c(c4)C=NC5)c23)C1.O=C(O)[C@H]1CCc2c(sc3ncnc(Nc4ccc5c(c4)C=NC5)c23)C1. The number of carbonyl (C=O) groups excluding carboxylic acids is 1. The summed E-state index contributed by atoms with van der Waals surface area (Å²) in [5, 5.41) is 18.1. The van der Waals surface area contributed by atoms with Crippen LogP contribution in [0.25, 0.3) is 20.4 Å². The molecule has 0 saturated heterocycles. The molecule has 4 aliphatic rings. The Bertz CT molecular complexity index is 2670. The van der Waals surface area contributed by atoms with Crippen LogP contribution >= 0.6 is 22.7 Å². The lowest BCUT2D eigenvalue weighted by molar-refractivity contribution is -0.161. The van der Waals surface area contributed by atoms with E-state index in [1.807, 2.05) is 36.7 Å². The number of thiophene rings is 2. The molecule has 2 aromatic carbocycles. The first-order valence-corrected chi connectivity index (χ1v) is 20.5. The number of alkyl halides is 3. The van der Waals surface area contributed by atoms with Crippen molar-refractivity contribution >= 4 is 90.4 Å². The molecule has 296 valence electrons. The minimum absolute atomic E-state index is 0.295. The molecule has 6 aromatic rings. The van der Waals surface area contributed by atoms with Crippen LogP contribution in [-0.2, 0) is 48.4 Å². The molecule has 0 unspecified atom stereocenters. The number of hydrogen-bond acceptors (Lipinski definition) is 12. The first kappa shape index (κ1) is 37.7. The summed E-state index contributed by atoms with van der Waals surface area (Å²) in [5.41, 5.74) is 8.78. The van der Waals surface area contributed by atoms with Crippen LogP contribution < -0.4 is 10.6 Å². The molecule has 6 heterocycles. The number of carboxylic acid groups (broad SMARTS) is 1. The van der Waals surface area contributed by atoms with E-state index in [0.29, 0.717) is 44.5 Å². The normalized spacial score (nSPS) is 17.6. The zero-order valence-corrected chi connectivity index (χ0v) is 32.8. The average Bonchev–Trinajstić information content (AvgIpc) is 4.01. The van der Waals surface area contributed by atoms with Gasteiger partial charge in [-0.3, -0.25) is 19.6 Å². The number of carboxylic acids is 1. The van der Waals surface area contributed by atoms with E-state index >= 15 is 0 Å². The van der Waals surface area contributed by atoms with Crippen molar-refractivity contribution in [1.82, 2.24) is 24.8 Å². The molecule has 0 bridgehead atoms. The summed E-state index contributed by atoms with van der Waals surface area (Å²) in [6, 6.07) is 12.3. The molecule has 0 fully saturated rings. The average molecular weight is 824 g/mol. The molecule has 4 aromatic heterocycles. The number of aromatic nitrogens is 4. The Morgan fingerprint density at radius 1 is 0.776 bits per heavy atom. The molecular weight excluding hydrogens is 788 g/mol. The molecule has 2 aliphatic carbocycles. The van der Waals surface area contributed by atoms with Gasteiger partial charge in [0.1, 0.15) is 40.5 Å². The number of aryl methyl sites for hydroxylation is 2. The van der Waals surface area contributed by atoms with Crippen molar-refractivity contribution in [2.75, 3.05) is 24.2 Å². The predicted octanol–water partition coefficient (Wildman–Crippen LogP) is 8.05. The van der Waals surface area contributed by atoms with Gasteiger partial charge in [0.25, 0.3) is 0 Å². The van der Waals surface area contributed by atoms with Crippen molar-refractivity contribution in [3.63, 3.8) is 0 Å². The number of carbonyl (C=O) groups is 2. The van der Waals surface area contributed by atoms with Crippen LogP contribution in [0.2, 0.25) is 0 Å². The van der Waals surface area contributed by atoms with Gasteiger partial charge in [-0.1, -0.05) is 12.1 Å². The van der Waals surface area contributed by atoms with Gasteiger partial charge in [-0.05, 0) is 96.2 Å². The highest BCUT2D eigenvalue weighted by Crippen LogP contribution is 2.42. The monoisotopic (exact) mass is 823 g/mol. The maximum atomic E-state index is 12.7. The largest absolute Gasteiger partial charge is 0.481 e. The van der Waals surface area contributed by atoms with Gasteiger partial charge in [-0.2, -0.15) is 13.2 Å². The van der Waals surface area contributed by atoms with Crippen molar-refractivity contribution in [3.05, 3.63) is 92.2 Å². The minimum Gasteiger partial charge on any atom is -0.481 e. The van der Waals surface area contributed by atoms with Gasteiger partial charge in [0, 0.05) is 46.5 Å². The van der Waals surface area contributed by atoms with E-state index < -0.39 is 30.5 Å². The third-order valence-electron chi connectivity index (χ3n) is 11.0. The summed E-state index contributed by atoms with van der Waals surface area (Å²) < 4.78 is 38.1. The van der Waals surface area contributed by atoms with Gasteiger partial charge in [0.2, 0.25) is 5.91 Å². The number of rotatable bonds is 7. The topological polar surface area (TPSA) is 158 Å². The molecule has 0 saturated carbocycles. The summed E-state index contributed by atoms with van der Waals surface area (Å²) in [7, 11) is 1.21. The summed E-state index contributed by atoms with van der Waals surface area (Å²) in [6.07, 6.45) is 5.95. The third kappa shape index (κ3) is 7.51. The van der Waals surface area contributed by atoms with E-state index in [-0.39, 0.29) is 5.92 Å². The Kier molecular flexibility index (Phi) is 9.87. The number of anilines is 4. The Hall–Kier alpha value is -5.81. The first-order valence-electron chi connectivity index (χ1n) is 18.8. The highest BCUT2D eigenvalue weighted by Gasteiger charge is 2.36. The van der Waals surface area contributed by atoms with Gasteiger partial charge in [-0.25, -0.2) is 19.9 Å². The molecule has 58 heavy (non-hydrogen) atoms. The number of hydrogen-bond donors (Lipinski definition) is 3. The highest BCUT2D eigenvalue weighted by molar-refractivity contribution is 7.19. The van der Waals surface area contributed by atoms with Crippen molar-refractivity contribution < 1.29 is 27.9 Å². The van der Waals surface area contributed by atoms with E-state index in [4.69, 9.17) is 0 Å². The Labute approximate surface area is 338 Å². The van der Waals surface area contributed by atoms with Crippen LogP contribution in [0.3, 0.4) is 0 Å². The van der Waals surface area contributed by atoms with E-state index in [0.717, 1.165) is 81.9 Å². The zero-order valence-electron chi connectivity index (χ0n) is 31.1. The number of fused-ring (bicyclic) bond motifs is 8. The third-order valence-corrected chi connectivity index (χ3v) is 13.3. The van der Waals surface area contributed by atoms with Crippen molar-refractivity contribution in [3.8, 4) is 0 Å². The predicted molar refractivity (Wildman–Crippen MR) is 219 cm³/mol. The second kappa shape index (κ2) is 15.2.